The highest BCUT2D eigenvalue weighted by molar-refractivity contribution is 14.1. The second-order valence-electron chi connectivity index (χ2n) is 4.14. The second kappa shape index (κ2) is 5.29. The Morgan fingerprint density at radius 2 is 1.80 bits per heavy atom. The Bertz CT molecular complexity index is 295. The van der Waals surface area contributed by atoms with Gasteiger partial charge in [0.25, 0.3) is 0 Å². The average molecular weight is 346 g/mol. The smallest absolute Gasteiger partial charge is 0.216 e. The number of rotatable bonds is 3. The minimum absolute atomic E-state index is 0.182. The first kappa shape index (κ1) is 13.7. The molecule has 6 heteroatoms. The van der Waals surface area contributed by atoms with Gasteiger partial charge >= 0.3 is 0 Å². The van der Waals surface area contributed by atoms with Crippen LogP contribution in [0.5, 0.6) is 0 Å². The molecule has 1 aliphatic heterocycles. The van der Waals surface area contributed by atoms with Crippen LogP contribution in [0.2, 0.25) is 0 Å². The van der Waals surface area contributed by atoms with Crippen LogP contribution in [0.15, 0.2) is 0 Å². The third kappa shape index (κ3) is 3.28. The van der Waals surface area contributed by atoms with Gasteiger partial charge in [-0.15, -0.1) is 0 Å². The van der Waals surface area contributed by atoms with Gasteiger partial charge in [0.05, 0.1) is 9.30 Å². The van der Waals surface area contributed by atoms with Gasteiger partial charge in [0.1, 0.15) is 0 Å². The summed E-state index contributed by atoms with van der Waals surface area (Å²) in [6.07, 6.45) is 1.52. The van der Waals surface area contributed by atoms with E-state index in [-0.39, 0.29) is 5.25 Å². The molecule has 1 atom stereocenters. The molecule has 0 bridgehead atoms. The highest BCUT2D eigenvalue weighted by atomic mass is 127. The maximum Gasteiger partial charge on any atom is 0.216 e. The summed E-state index contributed by atoms with van der Waals surface area (Å²) < 4.78 is 25.6. The Kier molecular flexibility index (Phi) is 4.82. The van der Waals surface area contributed by atoms with Crippen molar-refractivity contribution in [1.82, 2.24) is 9.21 Å². The fourth-order valence-electron chi connectivity index (χ4n) is 1.83. The largest absolute Gasteiger partial charge is 0.292 e. The maximum absolute atomic E-state index is 11.9. The summed E-state index contributed by atoms with van der Waals surface area (Å²) in [5.74, 6) is 0. The van der Waals surface area contributed by atoms with Crippen LogP contribution in [-0.4, -0.2) is 54.1 Å². The van der Waals surface area contributed by atoms with Crippen molar-refractivity contribution >= 4 is 32.6 Å². The molecule has 1 saturated heterocycles. The van der Waals surface area contributed by atoms with Crippen LogP contribution in [0.1, 0.15) is 19.8 Å². The second-order valence-corrected chi connectivity index (χ2v) is 8.37. The van der Waals surface area contributed by atoms with Crippen LogP contribution in [0.25, 0.3) is 0 Å². The zero-order valence-electron chi connectivity index (χ0n) is 9.48. The van der Waals surface area contributed by atoms with E-state index in [1.165, 1.54) is 4.31 Å². The number of sulfonamides is 1. The Morgan fingerprint density at radius 1 is 1.33 bits per heavy atom. The summed E-state index contributed by atoms with van der Waals surface area (Å²) in [6, 6.07) is 0. The zero-order valence-corrected chi connectivity index (χ0v) is 12.5. The van der Waals surface area contributed by atoms with E-state index in [0.717, 1.165) is 25.9 Å². The molecule has 1 unspecified atom stereocenters. The standard InChI is InChI=1S/C9H19IN2O2S/c1-8(10)12-6-4-9(5-7-12)15(13,14)11(2)3/h8-9H,4-7H2,1-3H3. The maximum atomic E-state index is 11.9. The molecule has 0 N–H and O–H groups in total. The summed E-state index contributed by atoms with van der Waals surface area (Å²) in [5.41, 5.74) is 0. The fraction of sp³-hybridized carbons (Fsp3) is 1.00. The molecule has 90 valence electrons. The summed E-state index contributed by atoms with van der Waals surface area (Å²) >= 11 is 2.37. The molecule has 1 fully saturated rings. The van der Waals surface area contributed by atoms with Crippen LogP contribution in [0.4, 0.5) is 0 Å². The van der Waals surface area contributed by atoms with E-state index in [0.29, 0.717) is 4.05 Å². The summed E-state index contributed by atoms with van der Waals surface area (Å²) in [5, 5.41) is -0.182. The topological polar surface area (TPSA) is 40.6 Å². The van der Waals surface area contributed by atoms with Crippen molar-refractivity contribution in [1.29, 1.82) is 0 Å². The number of nitrogens with zero attached hydrogens (tertiary/aromatic N) is 2. The van der Waals surface area contributed by atoms with Gasteiger partial charge in [-0.1, -0.05) is 22.6 Å². The highest BCUT2D eigenvalue weighted by Crippen LogP contribution is 2.22. The van der Waals surface area contributed by atoms with E-state index < -0.39 is 10.0 Å². The van der Waals surface area contributed by atoms with Crippen molar-refractivity contribution in [2.24, 2.45) is 0 Å². The van der Waals surface area contributed by atoms with Crippen molar-refractivity contribution in [3.8, 4) is 0 Å². The van der Waals surface area contributed by atoms with Gasteiger partial charge in [-0.2, -0.15) is 0 Å². The molecule has 0 aromatic heterocycles. The molecular weight excluding hydrogens is 327 g/mol. The van der Waals surface area contributed by atoms with Crippen molar-refractivity contribution < 1.29 is 8.42 Å². The number of likely N-dealkylation sites (tertiary alicyclic amines) is 1. The first-order chi connectivity index (χ1) is 6.85. The summed E-state index contributed by atoms with van der Waals surface area (Å²) in [6.45, 7) is 3.92. The molecule has 0 aromatic carbocycles. The highest BCUT2D eigenvalue weighted by Gasteiger charge is 2.32. The Balaban J connectivity index is 2.58. The predicted octanol–water partition coefficient (Wildman–Crippen LogP) is 1.12. The van der Waals surface area contributed by atoms with Crippen LogP contribution in [0.3, 0.4) is 0 Å². The predicted molar refractivity (Wildman–Crippen MR) is 70.7 cm³/mol. The molecule has 0 aromatic rings. The lowest BCUT2D eigenvalue weighted by atomic mass is 10.1. The molecule has 1 aliphatic rings. The van der Waals surface area contributed by atoms with Gasteiger partial charge in [-0.05, 0) is 19.8 Å². The van der Waals surface area contributed by atoms with Gasteiger partial charge in [0, 0.05) is 27.2 Å². The molecule has 1 rings (SSSR count). The molecule has 0 amide bonds. The van der Waals surface area contributed by atoms with E-state index in [4.69, 9.17) is 0 Å². The first-order valence-corrected chi connectivity index (χ1v) is 7.90. The molecule has 0 radical (unpaired) electrons. The molecule has 1 heterocycles. The third-order valence-electron chi connectivity index (χ3n) is 2.91. The average Bonchev–Trinajstić information content (AvgIpc) is 2.17. The first-order valence-electron chi connectivity index (χ1n) is 5.15. The van der Waals surface area contributed by atoms with Crippen molar-refractivity contribution in [2.75, 3.05) is 27.2 Å². The van der Waals surface area contributed by atoms with Crippen molar-refractivity contribution in [2.45, 2.75) is 29.1 Å². The fourth-order valence-corrected chi connectivity index (χ4v) is 3.79. The van der Waals surface area contributed by atoms with Gasteiger partial charge < -0.3 is 0 Å². The zero-order chi connectivity index (χ0) is 11.6. The van der Waals surface area contributed by atoms with E-state index in [1.54, 1.807) is 14.1 Å². The Labute approximate surface area is 106 Å². The Morgan fingerprint density at radius 3 is 2.13 bits per heavy atom. The number of alkyl halides is 1. The third-order valence-corrected chi connectivity index (χ3v) is 6.03. The van der Waals surface area contributed by atoms with Crippen molar-refractivity contribution in [3.05, 3.63) is 0 Å². The van der Waals surface area contributed by atoms with Crippen LogP contribution in [0, 0.1) is 0 Å². The van der Waals surface area contributed by atoms with E-state index in [2.05, 4.69) is 34.4 Å². The lowest BCUT2D eigenvalue weighted by Crippen LogP contribution is -2.44. The Hall–Kier alpha value is 0.600. The lowest BCUT2D eigenvalue weighted by molar-refractivity contribution is 0.229. The minimum Gasteiger partial charge on any atom is -0.292 e. The van der Waals surface area contributed by atoms with E-state index in [1.807, 2.05) is 0 Å². The van der Waals surface area contributed by atoms with Crippen LogP contribution in [-0.2, 0) is 10.0 Å². The van der Waals surface area contributed by atoms with Gasteiger partial charge in [0.2, 0.25) is 10.0 Å². The number of halogens is 1. The normalized spacial score (nSPS) is 23.3. The lowest BCUT2D eigenvalue weighted by Gasteiger charge is -2.34. The van der Waals surface area contributed by atoms with Gasteiger partial charge in [-0.25, -0.2) is 12.7 Å². The van der Waals surface area contributed by atoms with Gasteiger partial charge in [-0.3, -0.25) is 4.90 Å². The van der Waals surface area contributed by atoms with Crippen LogP contribution < -0.4 is 0 Å². The quantitative estimate of drug-likeness (QED) is 0.437. The molecule has 15 heavy (non-hydrogen) atoms. The molecule has 0 aliphatic carbocycles. The number of piperidine rings is 1. The van der Waals surface area contributed by atoms with Crippen molar-refractivity contribution in [3.63, 3.8) is 0 Å². The molecule has 0 saturated carbocycles. The molecule has 0 spiro atoms. The summed E-state index contributed by atoms with van der Waals surface area (Å²) in [7, 11) is 0.183. The SMILES string of the molecule is CC(I)N1CCC(S(=O)(=O)N(C)C)CC1. The van der Waals surface area contributed by atoms with E-state index >= 15 is 0 Å². The molecule has 4 nitrogen and oxygen atoms in total. The molecular formula is C9H19IN2O2S. The monoisotopic (exact) mass is 346 g/mol. The number of hydrogen-bond donors (Lipinski definition) is 0. The van der Waals surface area contributed by atoms with Crippen LogP contribution >= 0.6 is 22.6 Å². The summed E-state index contributed by atoms with van der Waals surface area (Å²) in [4.78, 5) is 2.32. The number of hydrogen-bond acceptors (Lipinski definition) is 3. The van der Waals surface area contributed by atoms with E-state index in [9.17, 15) is 8.42 Å². The minimum atomic E-state index is -3.04. The van der Waals surface area contributed by atoms with Gasteiger partial charge in [0.15, 0.2) is 0 Å².